The molecular weight excluding hydrogens is 324 g/mol. The molecule has 1 aromatic carbocycles. The Kier molecular flexibility index (Phi) is 4.97. The molecule has 0 bridgehead atoms. The van der Waals surface area contributed by atoms with Gasteiger partial charge in [0.25, 0.3) is 0 Å². The molecule has 3 heteroatoms. The minimum Gasteiger partial charge on any atom is -0.343 e. The third-order valence-electron chi connectivity index (χ3n) is 6.10. The SMILES string of the molecule is C=CCn1cc2c3c(cccc31)C1C[C@@H](CSC)CN(CCC)[C@@H]1C2. The zero-order valence-corrected chi connectivity index (χ0v) is 16.4. The molecule has 1 fully saturated rings. The predicted octanol–water partition coefficient (Wildman–Crippen LogP) is 4.93. The Balaban J connectivity index is 1.78. The number of likely N-dealkylation sites (tertiary alicyclic amines) is 1. The van der Waals surface area contributed by atoms with E-state index in [0.717, 1.165) is 12.5 Å². The monoisotopic (exact) mass is 354 g/mol. The average molecular weight is 355 g/mol. The van der Waals surface area contributed by atoms with E-state index in [1.54, 1.807) is 16.5 Å². The molecule has 1 aliphatic carbocycles. The Labute approximate surface area is 156 Å². The van der Waals surface area contributed by atoms with E-state index in [2.05, 4.69) is 53.6 Å². The van der Waals surface area contributed by atoms with E-state index in [1.165, 1.54) is 43.6 Å². The van der Waals surface area contributed by atoms with E-state index >= 15 is 0 Å². The van der Waals surface area contributed by atoms with Gasteiger partial charge >= 0.3 is 0 Å². The van der Waals surface area contributed by atoms with Crippen LogP contribution in [-0.2, 0) is 13.0 Å². The molecule has 1 unspecified atom stereocenters. The summed E-state index contributed by atoms with van der Waals surface area (Å²) in [5.41, 5.74) is 4.57. The van der Waals surface area contributed by atoms with Crippen molar-refractivity contribution in [3.05, 3.63) is 48.2 Å². The summed E-state index contributed by atoms with van der Waals surface area (Å²) in [4.78, 5) is 2.81. The zero-order chi connectivity index (χ0) is 17.4. The maximum atomic E-state index is 3.94. The lowest BCUT2D eigenvalue weighted by Crippen LogP contribution is -2.50. The number of rotatable bonds is 6. The first-order valence-corrected chi connectivity index (χ1v) is 11.1. The smallest absolute Gasteiger partial charge is 0.0489 e. The van der Waals surface area contributed by atoms with Crippen molar-refractivity contribution in [3.63, 3.8) is 0 Å². The van der Waals surface area contributed by atoms with Crippen LogP contribution in [0.3, 0.4) is 0 Å². The third kappa shape index (κ3) is 2.96. The van der Waals surface area contributed by atoms with E-state index < -0.39 is 0 Å². The molecule has 25 heavy (non-hydrogen) atoms. The summed E-state index contributed by atoms with van der Waals surface area (Å²) < 4.78 is 2.39. The lowest BCUT2D eigenvalue weighted by atomic mass is 9.72. The number of piperidine rings is 1. The number of hydrogen-bond acceptors (Lipinski definition) is 2. The van der Waals surface area contributed by atoms with Crippen LogP contribution in [0.5, 0.6) is 0 Å². The molecule has 2 aliphatic rings. The Morgan fingerprint density at radius 1 is 1.36 bits per heavy atom. The summed E-state index contributed by atoms with van der Waals surface area (Å²) in [6.07, 6.45) is 10.5. The topological polar surface area (TPSA) is 8.17 Å². The first-order chi connectivity index (χ1) is 12.3. The number of benzene rings is 1. The second kappa shape index (κ2) is 7.20. The van der Waals surface area contributed by atoms with Gasteiger partial charge < -0.3 is 4.57 Å². The number of thioether (sulfide) groups is 1. The molecule has 0 saturated carbocycles. The Hall–Kier alpha value is -1.19. The molecule has 0 radical (unpaired) electrons. The molecule has 0 spiro atoms. The highest BCUT2D eigenvalue weighted by Gasteiger charge is 2.40. The summed E-state index contributed by atoms with van der Waals surface area (Å²) in [6.45, 7) is 9.70. The molecule has 1 saturated heterocycles. The molecule has 3 atom stereocenters. The fourth-order valence-corrected chi connectivity index (χ4v) is 5.98. The van der Waals surface area contributed by atoms with Gasteiger partial charge in [-0.2, -0.15) is 11.8 Å². The third-order valence-corrected chi connectivity index (χ3v) is 6.90. The highest BCUT2D eigenvalue weighted by molar-refractivity contribution is 7.98. The lowest BCUT2D eigenvalue weighted by Gasteiger charge is -2.47. The predicted molar refractivity (Wildman–Crippen MR) is 111 cm³/mol. The van der Waals surface area contributed by atoms with Crippen molar-refractivity contribution in [2.24, 2.45) is 5.92 Å². The second-order valence-corrected chi connectivity index (χ2v) is 8.68. The van der Waals surface area contributed by atoms with Gasteiger partial charge in [0.05, 0.1) is 0 Å². The van der Waals surface area contributed by atoms with E-state index in [4.69, 9.17) is 0 Å². The van der Waals surface area contributed by atoms with Crippen LogP contribution in [0.15, 0.2) is 37.1 Å². The maximum Gasteiger partial charge on any atom is 0.0489 e. The van der Waals surface area contributed by atoms with Crippen LogP contribution in [0.4, 0.5) is 0 Å². The lowest BCUT2D eigenvalue weighted by molar-refractivity contribution is 0.0926. The molecule has 2 nitrogen and oxygen atoms in total. The minimum atomic E-state index is 0.690. The number of aromatic nitrogens is 1. The summed E-state index contributed by atoms with van der Waals surface area (Å²) in [7, 11) is 0. The highest BCUT2D eigenvalue weighted by atomic mass is 32.2. The van der Waals surface area contributed by atoms with Gasteiger partial charge in [-0.3, -0.25) is 4.90 Å². The second-order valence-electron chi connectivity index (χ2n) is 7.77. The molecular formula is C22H30N2S. The van der Waals surface area contributed by atoms with Gasteiger partial charge in [0.1, 0.15) is 0 Å². The zero-order valence-electron chi connectivity index (χ0n) is 15.6. The standard InChI is InChI=1S/C22H30N2S/c1-4-9-23-13-16(15-25-3)11-19-18-7-6-8-20-22(18)17(12-21(19)23)14-24(20)10-5-2/h5-8,14,16,19,21H,2,4,9-13,15H2,1,3H3/t16-,19?,21-/m1/s1. The van der Waals surface area contributed by atoms with Crippen LogP contribution in [0.1, 0.15) is 36.8 Å². The average Bonchev–Trinajstić information content (AvgIpc) is 2.96. The van der Waals surface area contributed by atoms with Crippen LogP contribution in [0, 0.1) is 5.92 Å². The van der Waals surface area contributed by atoms with Crippen LogP contribution in [0.25, 0.3) is 10.9 Å². The van der Waals surface area contributed by atoms with Crippen LogP contribution >= 0.6 is 11.8 Å². The first kappa shape index (κ1) is 17.2. The molecule has 2 aromatic rings. The number of fused-ring (bicyclic) bond motifs is 2. The Morgan fingerprint density at radius 2 is 2.24 bits per heavy atom. The van der Waals surface area contributed by atoms with Gasteiger partial charge in [-0.1, -0.05) is 25.1 Å². The summed E-state index contributed by atoms with van der Waals surface area (Å²) in [5, 5.41) is 1.55. The van der Waals surface area contributed by atoms with Crippen molar-refractivity contribution >= 4 is 22.7 Å². The molecule has 1 aliphatic heterocycles. The number of allylic oxidation sites excluding steroid dienone is 1. The Morgan fingerprint density at radius 3 is 3.00 bits per heavy atom. The fraction of sp³-hybridized carbons (Fsp3) is 0.545. The van der Waals surface area contributed by atoms with Gasteiger partial charge in [-0.05, 0) is 60.9 Å². The van der Waals surface area contributed by atoms with Crippen molar-refractivity contribution < 1.29 is 0 Å². The van der Waals surface area contributed by atoms with Crippen molar-refractivity contribution in [2.45, 2.75) is 44.7 Å². The quantitative estimate of drug-likeness (QED) is 0.680. The van der Waals surface area contributed by atoms with Gasteiger partial charge in [-0.15, -0.1) is 6.58 Å². The molecule has 134 valence electrons. The van der Waals surface area contributed by atoms with Crippen molar-refractivity contribution in [2.75, 3.05) is 25.1 Å². The van der Waals surface area contributed by atoms with Gasteiger partial charge in [0.2, 0.25) is 0 Å². The van der Waals surface area contributed by atoms with Crippen molar-refractivity contribution in [3.8, 4) is 0 Å². The van der Waals surface area contributed by atoms with E-state index in [0.29, 0.717) is 12.0 Å². The maximum absolute atomic E-state index is 3.94. The van der Waals surface area contributed by atoms with E-state index in [9.17, 15) is 0 Å². The van der Waals surface area contributed by atoms with Gasteiger partial charge in [-0.25, -0.2) is 0 Å². The van der Waals surface area contributed by atoms with E-state index in [-0.39, 0.29) is 0 Å². The molecule has 2 heterocycles. The Bertz CT molecular complexity index is 763. The van der Waals surface area contributed by atoms with Crippen molar-refractivity contribution in [1.82, 2.24) is 9.47 Å². The van der Waals surface area contributed by atoms with Gasteiger partial charge in [0.15, 0.2) is 0 Å². The summed E-state index contributed by atoms with van der Waals surface area (Å²) >= 11 is 2.01. The van der Waals surface area contributed by atoms with Crippen molar-refractivity contribution in [1.29, 1.82) is 0 Å². The molecule has 1 aromatic heterocycles. The van der Waals surface area contributed by atoms with Gasteiger partial charge in [0, 0.05) is 42.1 Å². The van der Waals surface area contributed by atoms with Crippen LogP contribution in [-0.4, -0.2) is 40.6 Å². The van der Waals surface area contributed by atoms with Crippen LogP contribution in [0.2, 0.25) is 0 Å². The normalized spacial score (nSPS) is 25.9. The first-order valence-electron chi connectivity index (χ1n) is 9.71. The van der Waals surface area contributed by atoms with E-state index in [1.807, 2.05) is 17.8 Å². The number of nitrogens with zero attached hydrogens (tertiary/aromatic N) is 2. The molecule has 0 amide bonds. The van der Waals surface area contributed by atoms with Crippen LogP contribution < -0.4 is 0 Å². The largest absolute Gasteiger partial charge is 0.343 e. The molecule has 4 rings (SSSR count). The highest BCUT2D eigenvalue weighted by Crippen LogP contribution is 2.45. The summed E-state index contributed by atoms with van der Waals surface area (Å²) in [6, 6.07) is 7.66. The fourth-order valence-electron chi connectivity index (χ4n) is 5.27. The molecule has 0 N–H and O–H groups in total. The number of hydrogen-bond donors (Lipinski definition) is 0. The summed E-state index contributed by atoms with van der Waals surface area (Å²) in [5.74, 6) is 2.83. The minimum absolute atomic E-state index is 0.690.